The highest BCUT2D eigenvalue weighted by Gasteiger charge is 2.55. The zero-order valence-corrected chi connectivity index (χ0v) is 35.1. The molecule has 0 bridgehead atoms. The Morgan fingerprint density at radius 3 is 1.37 bits per heavy atom. The van der Waals surface area contributed by atoms with Crippen LogP contribution in [0.1, 0.15) is 207 Å². The summed E-state index contributed by atoms with van der Waals surface area (Å²) < 4.78 is 14.2. The van der Waals surface area contributed by atoms with Crippen LogP contribution in [0, 0.1) is 11.8 Å². The van der Waals surface area contributed by atoms with E-state index < -0.39 is 0 Å². The van der Waals surface area contributed by atoms with Gasteiger partial charge in [-0.15, -0.1) is 0 Å². The Bertz CT molecular complexity index is 870. The van der Waals surface area contributed by atoms with Crippen molar-refractivity contribution in [1.82, 2.24) is 4.90 Å². The summed E-state index contributed by atoms with van der Waals surface area (Å²) in [6.07, 6.45) is 55.2. The lowest BCUT2D eigenvalue weighted by Crippen LogP contribution is -2.34. The molecule has 1 aliphatic heterocycles. The molecule has 0 spiro atoms. The lowest BCUT2D eigenvalue weighted by Gasteiger charge is -2.32. The molecule has 0 N–H and O–H groups in total. The molecule has 1 aliphatic carbocycles. The molecule has 2 rings (SSSR count). The number of nitrogens with zero attached hydrogens (tertiary/aromatic N) is 1. The molecular formula is C48H87NO2. The summed E-state index contributed by atoms with van der Waals surface area (Å²) in [6, 6.07) is 0.583. The summed E-state index contributed by atoms with van der Waals surface area (Å²) in [5.41, 5.74) is 0. The number of ether oxygens (including phenoxy) is 2. The van der Waals surface area contributed by atoms with E-state index in [4.69, 9.17) is 9.47 Å². The number of allylic oxidation sites excluding steroid dienone is 8. The molecule has 0 aromatic heterocycles. The summed E-state index contributed by atoms with van der Waals surface area (Å²) in [6.45, 7) is 9.33. The molecule has 3 heteroatoms. The first-order valence-corrected chi connectivity index (χ1v) is 22.5. The Hall–Kier alpha value is -1.16. The van der Waals surface area contributed by atoms with Crippen molar-refractivity contribution in [1.29, 1.82) is 0 Å². The predicted octanol–water partition coefficient (Wildman–Crippen LogP) is 14.9. The topological polar surface area (TPSA) is 21.7 Å². The van der Waals surface area contributed by atoms with Gasteiger partial charge in [-0.05, 0) is 123 Å². The normalized spacial score (nSPS) is 22.6. The van der Waals surface area contributed by atoms with Gasteiger partial charge in [0.15, 0.2) is 5.79 Å². The van der Waals surface area contributed by atoms with Crippen LogP contribution in [0.15, 0.2) is 48.6 Å². The number of hydrogen-bond acceptors (Lipinski definition) is 3. The molecule has 296 valence electrons. The first kappa shape index (κ1) is 46.0. The van der Waals surface area contributed by atoms with Crippen molar-refractivity contribution in [2.24, 2.45) is 11.8 Å². The quantitative estimate of drug-likeness (QED) is 0.0500. The van der Waals surface area contributed by atoms with Crippen LogP contribution in [0.4, 0.5) is 0 Å². The molecule has 3 unspecified atom stereocenters. The van der Waals surface area contributed by atoms with Gasteiger partial charge in [-0.1, -0.05) is 146 Å². The summed E-state index contributed by atoms with van der Waals surface area (Å²) in [4.78, 5) is 2.37. The van der Waals surface area contributed by atoms with Gasteiger partial charge in [-0.25, -0.2) is 0 Å². The highest BCUT2D eigenvalue weighted by atomic mass is 16.8. The first-order valence-electron chi connectivity index (χ1n) is 22.5. The molecule has 0 aromatic carbocycles. The Kier molecular flexibility index (Phi) is 27.2. The summed E-state index contributed by atoms with van der Waals surface area (Å²) in [5, 5.41) is 0. The van der Waals surface area contributed by atoms with Crippen LogP contribution >= 0.6 is 0 Å². The van der Waals surface area contributed by atoms with E-state index in [0.717, 1.165) is 25.7 Å². The van der Waals surface area contributed by atoms with Crippen molar-refractivity contribution in [3.05, 3.63) is 48.6 Å². The van der Waals surface area contributed by atoms with Crippen molar-refractivity contribution in [2.75, 3.05) is 14.1 Å². The van der Waals surface area contributed by atoms with Gasteiger partial charge in [0.1, 0.15) is 0 Å². The highest BCUT2D eigenvalue weighted by Crippen LogP contribution is 2.49. The minimum absolute atomic E-state index is 0.289. The maximum absolute atomic E-state index is 7.12. The lowest BCUT2D eigenvalue weighted by atomic mass is 9.95. The van der Waals surface area contributed by atoms with Crippen LogP contribution < -0.4 is 0 Å². The largest absolute Gasteiger partial charge is 0.344 e. The van der Waals surface area contributed by atoms with E-state index in [9.17, 15) is 0 Å². The third-order valence-corrected chi connectivity index (χ3v) is 11.8. The van der Waals surface area contributed by atoms with Crippen LogP contribution in [-0.2, 0) is 9.47 Å². The van der Waals surface area contributed by atoms with Crippen molar-refractivity contribution < 1.29 is 9.47 Å². The van der Waals surface area contributed by atoms with Crippen LogP contribution in [0.25, 0.3) is 0 Å². The second-order valence-electron chi connectivity index (χ2n) is 16.8. The van der Waals surface area contributed by atoms with Crippen molar-refractivity contribution >= 4 is 0 Å². The summed E-state index contributed by atoms with van der Waals surface area (Å²) in [7, 11) is 4.43. The predicted molar refractivity (Wildman–Crippen MR) is 225 cm³/mol. The molecule has 1 saturated heterocycles. The Morgan fingerprint density at radius 1 is 0.549 bits per heavy atom. The zero-order chi connectivity index (χ0) is 36.8. The van der Waals surface area contributed by atoms with Crippen molar-refractivity contribution in [3.8, 4) is 0 Å². The molecule has 0 aromatic rings. The first-order chi connectivity index (χ1) is 24.9. The molecule has 3 nitrogen and oxygen atoms in total. The molecule has 5 atom stereocenters. The average molecular weight is 710 g/mol. The van der Waals surface area contributed by atoms with Crippen LogP contribution in [0.3, 0.4) is 0 Å². The van der Waals surface area contributed by atoms with Crippen LogP contribution in [-0.4, -0.2) is 43.0 Å². The van der Waals surface area contributed by atoms with E-state index in [2.05, 4.69) is 95.3 Å². The third-order valence-electron chi connectivity index (χ3n) is 11.8. The molecule has 1 heterocycles. The minimum atomic E-state index is -0.339. The molecular weight excluding hydrogens is 623 g/mol. The van der Waals surface area contributed by atoms with Crippen molar-refractivity contribution in [3.63, 3.8) is 0 Å². The highest BCUT2D eigenvalue weighted by molar-refractivity contribution is 4.99. The van der Waals surface area contributed by atoms with E-state index >= 15 is 0 Å². The molecule has 2 fully saturated rings. The smallest absolute Gasteiger partial charge is 0.169 e. The van der Waals surface area contributed by atoms with Gasteiger partial charge in [0.2, 0.25) is 0 Å². The number of hydrogen-bond donors (Lipinski definition) is 0. The Balaban J connectivity index is 1.68. The van der Waals surface area contributed by atoms with Crippen LogP contribution in [0.2, 0.25) is 0 Å². The second kappa shape index (κ2) is 30.2. The van der Waals surface area contributed by atoms with Gasteiger partial charge in [0, 0.05) is 18.9 Å². The second-order valence-corrected chi connectivity index (χ2v) is 16.8. The third kappa shape index (κ3) is 21.4. The van der Waals surface area contributed by atoms with Gasteiger partial charge < -0.3 is 14.4 Å². The zero-order valence-electron chi connectivity index (χ0n) is 35.1. The fourth-order valence-corrected chi connectivity index (χ4v) is 8.21. The number of fused-ring (bicyclic) bond motifs is 1. The summed E-state index contributed by atoms with van der Waals surface area (Å²) in [5.74, 6) is 0.882. The Morgan fingerprint density at radius 2 is 0.941 bits per heavy atom. The van der Waals surface area contributed by atoms with Gasteiger partial charge in [-0.3, -0.25) is 0 Å². The van der Waals surface area contributed by atoms with Gasteiger partial charge >= 0.3 is 0 Å². The van der Waals surface area contributed by atoms with Gasteiger partial charge in [0.25, 0.3) is 0 Å². The van der Waals surface area contributed by atoms with E-state index in [1.165, 1.54) is 154 Å². The Labute approximate surface area is 319 Å². The van der Waals surface area contributed by atoms with Crippen LogP contribution in [0.5, 0.6) is 0 Å². The lowest BCUT2D eigenvalue weighted by molar-refractivity contribution is -0.199. The fraction of sp³-hybridized carbons (Fsp3) is 0.833. The number of unbranched alkanes of at least 4 members (excludes halogenated alkanes) is 18. The molecule has 0 amide bonds. The molecule has 0 radical (unpaired) electrons. The van der Waals surface area contributed by atoms with Gasteiger partial charge in [-0.2, -0.15) is 0 Å². The van der Waals surface area contributed by atoms with E-state index in [1.54, 1.807) is 0 Å². The van der Waals surface area contributed by atoms with E-state index in [1.807, 2.05) is 0 Å². The fourth-order valence-electron chi connectivity index (χ4n) is 8.21. The standard InChI is InChI=1S/C48H87NO2/c1-7-9-11-13-15-17-19-21-23-25-27-29-31-33-35-37-39-48(50-46-43(3)41-45(47(46)51-48)42-44(4)49(5)6)40-38-36-34-32-30-28-26-24-22-20-18-16-14-12-10-8-2/h15-18,21-24,43-47H,7-14,19-20,25-42H2,1-6H3/b17-15-,18-16-,23-21-,24-22-/t43?,44?,45?,46-,47+/m0/s1. The minimum Gasteiger partial charge on any atom is -0.344 e. The van der Waals surface area contributed by atoms with E-state index in [-0.39, 0.29) is 11.9 Å². The molecule has 51 heavy (non-hydrogen) atoms. The maximum atomic E-state index is 7.12. The van der Waals surface area contributed by atoms with Gasteiger partial charge in [0.05, 0.1) is 12.2 Å². The number of rotatable bonds is 33. The summed E-state index contributed by atoms with van der Waals surface area (Å²) >= 11 is 0. The molecule has 2 aliphatic rings. The maximum Gasteiger partial charge on any atom is 0.169 e. The monoisotopic (exact) mass is 710 g/mol. The SMILES string of the molecule is CCCCC/C=C\C/C=C\CCCCCCCCC1(CCCCCCCC/C=C\C/C=C\CCCCC)O[C@@H]2C(CC(C)N(C)C)CC(C)[C@@H]2O1. The average Bonchev–Trinajstić information content (AvgIpc) is 3.63. The van der Waals surface area contributed by atoms with Crippen molar-refractivity contribution in [2.45, 2.75) is 232 Å². The molecule has 1 saturated carbocycles. The van der Waals surface area contributed by atoms with E-state index in [0.29, 0.717) is 24.0 Å².